The molecule has 0 radical (unpaired) electrons. The highest BCUT2D eigenvalue weighted by atomic mass is 16.3. The molecule has 7 heteroatoms. The van der Waals surface area contributed by atoms with E-state index in [0.717, 1.165) is 22.5 Å². The highest BCUT2D eigenvalue weighted by molar-refractivity contribution is 5.69. The molecule has 29 heavy (non-hydrogen) atoms. The van der Waals surface area contributed by atoms with E-state index in [4.69, 9.17) is 4.98 Å². The smallest absolute Gasteiger partial charge is 0.255 e. The number of pyridine rings is 1. The maximum Gasteiger partial charge on any atom is 0.255 e. The second-order valence-electron chi connectivity index (χ2n) is 6.45. The van der Waals surface area contributed by atoms with E-state index in [2.05, 4.69) is 20.4 Å². The number of nitrogens with one attached hydrogen (secondary N) is 1. The highest BCUT2D eigenvalue weighted by Crippen LogP contribution is 2.26. The zero-order chi connectivity index (χ0) is 19.6. The van der Waals surface area contributed by atoms with Gasteiger partial charge in [0.05, 0.1) is 5.69 Å². The van der Waals surface area contributed by atoms with E-state index in [0.29, 0.717) is 17.4 Å². The quantitative estimate of drug-likeness (QED) is 0.452. The molecular weight excluding hydrogens is 364 g/mol. The number of hydrogen-bond acceptors (Lipinski definition) is 6. The molecule has 0 spiro atoms. The van der Waals surface area contributed by atoms with Gasteiger partial charge in [0.15, 0.2) is 5.82 Å². The average Bonchev–Trinajstić information content (AvgIpc) is 3.21. The summed E-state index contributed by atoms with van der Waals surface area (Å²) in [6.07, 6.45) is 3.43. The van der Waals surface area contributed by atoms with E-state index in [1.54, 1.807) is 41.2 Å². The van der Waals surface area contributed by atoms with Gasteiger partial charge in [0.1, 0.15) is 11.6 Å². The van der Waals surface area contributed by atoms with Gasteiger partial charge in [-0.1, -0.05) is 30.3 Å². The summed E-state index contributed by atoms with van der Waals surface area (Å²) < 4.78 is 1.67. The molecule has 0 saturated heterocycles. The molecule has 5 aromatic rings. The number of anilines is 2. The van der Waals surface area contributed by atoms with Gasteiger partial charge in [-0.15, -0.1) is 5.10 Å². The largest absolute Gasteiger partial charge is 0.508 e. The number of aromatic nitrogens is 5. The Hall–Kier alpha value is -4.26. The zero-order valence-electron chi connectivity index (χ0n) is 15.3. The van der Waals surface area contributed by atoms with Crippen molar-refractivity contribution in [1.82, 2.24) is 24.6 Å². The third-order valence-corrected chi connectivity index (χ3v) is 4.44. The van der Waals surface area contributed by atoms with Gasteiger partial charge in [-0.2, -0.15) is 9.50 Å². The number of aromatic hydroxyl groups is 1. The number of hydrogen-bond donors (Lipinski definition) is 2. The Morgan fingerprint density at radius 2 is 1.62 bits per heavy atom. The molecule has 140 valence electrons. The van der Waals surface area contributed by atoms with Crippen molar-refractivity contribution in [3.63, 3.8) is 0 Å². The lowest BCUT2D eigenvalue weighted by molar-refractivity contribution is 0.475. The van der Waals surface area contributed by atoms with Crippen molar-refractivity contribution in [2.75, 3.05) is 5.32 Å². The van der Waals surface area contributed by atoms with Crippen molar-refractivity contribution >= 4 is 17.3 Å². The summed E-state index contributed by atoms with van der Waals surface area (Å²) in [5.74, 6) is 1.94. The van der Waals surface area contributed by atoms with Crippen LogP contribution in [0.5, 0.6) is 5.75 Å². The van der Waals surface area contributed by atoms with Crippen LogP contribution in [-0.4, -0.2) is 29.7 Å². The first kappa shape index (κ1) is 16.9. The summed E-state index contributed by atoms with van der Waals surface area (Å²) >= 11 is 0. The van der Waals surface area contributed by atoms with Crippen LogP contribution in [0.1, 0.15) is 0 Å². The first-order chi connectivity index (χ1) is 14.3. The molecule has 0 unspecified atom stereocenters. The van der Waals surface area contributed by atoms with Crippen LogP contribution in [0.25, 0.3) is 28.4 Å². The van der Waals surface area contributed by atoms with E-state index in [1.807, 2.05) is 48.5 Å². The van der Waals surface area contributed by atoms with Crippen molar-refractivity contribution in [2.24, 2.45) is 0 Å². The molecule has 0 fully saturated rings. The van der Waals surface area contributed by atoms with Gasteiger partial charge in [0, 0.05) is 35.3 Å². The lowest BCUT2D eigenvalue weighted by Gasteiger charge is -2.10. The lowest BCUT2D eigenvalue weighted by atomic mass is 10.1. The van der Waals surface area contributed by atoms with Crippen LogP contribution < -0.4 is 5.32 Å². The number of phenols is 1. The Kier molecular flexibility index (Phi) is 4.10. The van der Waals surface area contributed by atoms with E-state index in [1.165, 1.54) is 0 Å². The van der Waals surface area contributed by atoms with Crippen LogP contribution in [0, 0.1) is 0 Å². The fourth-order valence-electron chi connectivity index (χ4n) is 3.02. The Labute approximate surface area is 166 Å². The molecule has 0 bridgehead atoms. The molecule has 0 atom stereocenters. The standard InChI is InChI=1S/C22H16N6O/c29-18-10-8-17(9-11-18)24-20-13-19(15-5-2-1-3-6-15)25-22-26-21(27-28(20)22)16-7-4-12-23-14-16/h1-14,24,29H. The van der Waals surface area contributed by atoms with E-state index in [9.17, 15) is 5.11 Å². The Bertz CT molecular complexity index is 1270. The van der Waals surface area contributed by atoms with Gasteiger partial charge < -0.3 is 10.4 Å². The molecule has 0 saturated carbocycles. The molecule has 7 nitrogen and oxygen atoms in total. The van der Waals surface area contributed by atoms with Crippen LogP contribution in [-0.2, 0) is 0 Å². The number of phenolic OH excluding ortho intramolecular Hbond substituents is 1. The molecule has 2 aromatic carbocycles. The van der Waals surface area contributed by atoms with Crippen molar-refractivity contribution in [1.29, 1.82) is 0 Å². The van der Waals surface area contributed by atoms with E-state index >= 15 is 0 Å². The highest BCUT2D eigenvalue weighted by Gasteiger charge is 2.14. The summed E-state index contributed by atoms with van der Waals surface area (Å²) in [5, 5.41) is 17.5. The van der Waals surface area contributed by atoms with Crippen LogP contribution in [0.3, 0.4) is 0 Å². The lowest BCUT2D eigenvalue weighted by Crippen LogP contribution is -2.02. The van der Waals surface area contributed by atoms with Gasteiger partial charge in [-0.25, -0.2) is 4.98 Å². The maximum atomic E-state index is 9.55. The molecular formula is C22H16N6O. The maximum absolute atomic E-state index is 9.55. The minimum absolute atomic E-state index is 0.208. The minimum Gasteiger partial charge on any atom is -0.508 e. The Balaban J connectivity index is 1.67. The topological polar surface area (TPSA) is 88.2 Å². The van der Waals surface area contributed by atoms with Crippen molar-refractivity contribution < 1.29 is 5.11 Å². The Morgan fingerprint density at radius 3 is 2.38 bits per heavy atom. The second-order valence-corrected chi connectivity index (χ2v) is 6.45. The summed E-state index contributed by atoms with van der Waals surface area (Å²) in [6.45, 7) is 0. The summed E-state index contributed by atoms with van der Waals surface area (Å²) in [5.41, 5.74) is 3.39. The average molecular weight is 380 g/mol. The SMILES string of the molecule is Oc1ccc(Nc2cc(-c3ccccc3)nc3nc(-c4cccnc4)nn23)cc1. The van der Waals surface area contributed by atoms with Gasteiger partial charge >= 0.3 is 0 Å². The first-order valence-electron chi connectivity index (χ1n) is 9.06. The van der Waals surface area contributed by atoms with Gasteiger partial charge in [0.2, 0.25) is 0 Å². The molecule has 2 N–H and O–H groups in total. The number of fused-ring (bicyclic) bond motifs is 1. The molecule has 0 amide bonds. The second kappa shape index (κ2) is 7.05. The summed E-state index contributed by atoms with van der Waals surface area (Å²) in [4.78, 5) is 13.4. The molecule has 0 aliphatic carbocycles. The van der Waals surface area contributed by atoms with Crippen molar-refractivity contribution in [3.05, 3.63) is 85.2 Å². The monoisotopic (exact) mass is 380 g/mol. The predicted octanol–water partition coefficient (Wildman–Crippen LogP) is 4.30. The van der Waals surface area contributed by atoms with Crippen molar-refractivity contribution in [2.45, 2.75) is 0 Å². The Morgan fingerprint density at radius 1 is 0.828 bits per heavy atom. The van der Waals surface area contributed by atoms with Gasteiger partial charge in [0.25, 0.3) is 5.78 Å². The summed E-state index contributed by atoms with van der Waals surface area (Å²) in [6, 6.07) is 22.4. The number of benzene rings is 2. The zero-order valence-corrected chi connectivity index (χ0v) is 15.3. The fraction of sp³-hybridized carbons (Fsp3) is 0. The predicted molar refractivity (Wildman–Crippen MR) is 111 cm³/mol. The van der Waals surface area contributed by atoms with Crippen LogP contribution >= 0.6 is 0 Å². The first-order valence-corrected chi connectivity index (χ1v) is 9.06. The summed E-state index contributed by atoms with van der Waals surface area (Å²) in [7, 11) is 0. The molecule has 5 rings (SSSR count). The molecule has 0 aliphatic heterocycles. The molecule has 3 heterocycles. The minimum atomic E-state index is 0.208. The van der Waals surface area contributed by atoms with Crippen molar-refractivity contribution in [3.8, 4) is 28.4 Å². The third kappa shape index (κ3) is 3.37. The van der Waals surface area contributed by atoms with Gasteiger partial charge in [-0.3, -0.25) is 4.98 Å². The van der Waals surface area contributed by atoms with Crippen LogP contribution in [0.4, 0.5) is 11.5 Å². The number of rotatable bonds is 4. The molecule has 3 aromatic heterocycles. The van der Waals surface area contributed by atoms with E-state index < -0.39 is 0 Å². The fourth-order valence-corrected chi connectivity index (χ4v) is 3.02. The van der Waals surface area contributed by atoms with E-state index in [-0.39, 0.29) is 5.75 Å². The number of nitrogens with zero attached hydrogens (tertiary/aromatic N) is 5. The third-order valence-electron chi connectivity index (χ3n) is 4.44. The normalized spacial score (nSPS) is 10.9. The van der Waals surface area contributed by atoms with Crippen LogP contribution in [0.15, 0.2) is 85.2 Å². The van der Waals surface area contributed by atoms with Crippen LogP contribution in [0.2, 0.25) is 0 Å². The molecule has 0 aliphatic rings. The van der Waals surface area contributed by atoms with Gasteiger partial charge in [-0.05, 0) is 36.4 Å².